The normalized spacial score (nSPS) is 14.2. The van der Waals surface area contributed by atoms with Crippen molar-refractivity contribution in [3.8, 4) is 0 Å². The lowest BCUT2D eigenvalue weighted by atomic mass is 10.2. The van der Waals surface area contributed by atoms with Crippen LogP contribution in [0.3, 0.4) is 0 Å². The van der Waals surface area contributed by atoms with Gasteiger partial charge in [-0.3, -0.25) is 19.0 Å². The lowest BCUT2D eigenvalue weighted by Gasteiger charge is -2.20. The van der Waals surface area contributed by atoms with E-state index in [-0.39, 0.29) is 26.2 Å². The van der Waals surface area contributed by atoms with Gasteiger partial charge in [0.2, 0.25) is 0 Å². The number of nitrogens with two attached hydrogens (primary N) is 2. The average Bonchev–Trinajstić information content (AvgIpc) is 4.04. The van der Waals surface area contributed by atoms with Crippen LogP contribution in [0.25, 0.3) is 0 Å². The Balaban J connectivity index is 0.000000820. The zero-order valence-corrected chi connectivity index (χ0v) is 53.6. The molecule has 392 valence electrons. The third-order valence-electron chi connectivity index (χ3n) is 9.41. The summed E-state index contributed by atoms with van der Waals surface area (Å²) in [6.07, 6.45) is 10.9. The summed E-state index contributed by atoms with van der Waals surface area (Å²) in [5.74, 6) is 4.92. The number of aldehydes is 1. The van der Waals surface area contributed by atoms with Crippen LogP contribution in [0.2, 0.25) is 0 Å². The number of hydrogen-bond donors (Lipinski definition) is 2. The Labute approximate surface area is 459 Å². The molecule has 0 spiro atoms. The van der Waals surface area contributed by atoms with Gasteiger partial charge in [-0.05, 0) is 170 Å². The van der Waals surface area contributed by atoms with Crippen molar-refractivity contribution >= 4 is 125 Å². The van der Waals surface area contributed by atoms with Gasteiger partial charge in [-0.1, -0.05) is 6.92 Å². The van der Waals surface area contributed by atoms with Gasteiger partial charge in [0.1, 0.15) is 51.5 Å². The fourth-order valence-electron chi connectivity index (χ4n) is 4.54. The molecule has 0 radical (unpaired) electrons. The summed E-state index contributed by atoms with van der Waals surface area (Å²) in [7, 11) is 10.4. The monoisotopic (exact) mass is 1340 g/mol. The molecular formula is C43H73Br5N14O4S3. The molecule has 4 N–H and O–H groups in total. The highest BCUT2D eigenvalue weighted by Crippen LogP contribution is 2.23. The molecule has 0 saturated heterocycles. The molecule has 0 aliphatic heterocycles. The maximum Gasteiger partial charge on any atom is 0.185 e. The van der Waals surface area contributed by atoms with Crippen molar-refractivity contribution in [1.29, 1.82) is 0 Å². The summed E-state index contributed by atoms with van der Waals surface area (Å²) >= 11 is 16.7. The summed E-state index contributed by atoms with van der Waals surface area (Å²) in [6, 6.07) is 0.345. The van der Waals surface area contributed by atoms with Gasteiger partial charge in [0.05, 0.1) is 69.8 Å². The topological polar surface area (TPSA) is 225 Å². The van der Waals surface area contributed by atoms with E-state index in [4.69, 9.17) is 10.9 Å². The van der Waals surface area contributed by atoms with Gasteiger partial charge in [0.15, 0.2) is 17.9 Å². The molecule has 5 aromatic rings. The van der Waals surface area contributed by atoms with Crippen LogP contribution >= 0.6 is 79.6 Å². The summed E-state index contributed by atoms with van der Waals surface area (Å²) in [4.78, 5) is 32.9. The van der Waals surface area contributed by atoms with E-state index in [1.54, 1.807) is 36.4 Å². The summed E-state index contributed by atoms with van der Waals surface area (Å²) in [6.45, 7) is 23.3. The minimum absolute atomic E-state index is 0.00343. The Morgan fingerprint density at radius 1 is 0.609 bits per heavy atom. The van der Waals surface area contributed by atoms with Crippen LogP contribution < -0.4 is 10.9 Å². The Kier molecular flexibility index (Phi) is 29.5. The van der Waals surface area contributed by atoms with Crippen LogP contribution in [0.5, 0.6) is 0 Å². The lowest BCUT2D eigenvalue weighted by Crippen LogP contribution is -2.27. The van der Waals surface area contributed by atoms with Crippen molar-refractivity contribution in [2.45, 2.75) is 115 Å². The van der Waals surface area contributed by atoms with Gasteiger partial charge in [0, 0.05) is 62.5 Å². The van der Waals surface area contributed by atoms with Crippen LogP contribution in [-0.2, 0) is 68.0 Å². The van der Waals surface area contributed by atoms with Crippen molar-refractivity contribution in [3.05, 3.63) is 83.1 Å². The van der Waals surface area contributed by atoms with Gasteiger partial charge in [0.25, 0.3) is 0 Å². The van der Waals surface area contributed by atoms with E-state index in [1.165, 1.54) is 6.21 Å². The van der Waals surface area contributed by atoms with Gasteiger partial charge < -0.3 is 28.6 Å². The molecular weight excluding hydrogens is 1270 g/mol. The molecule has 0 fully saturated rings. The van der Waals surface area contributed by atoms with Crippen molar-refractivity contribution in [1.82, 2.24) is 52.7 Å². The number of rotatable bonds is 9. The van der Waals surface area contributed by atoms with Crippen LogP contribution in [0.15, 0.2) is 58.4 Å². The maximum atomic E-state index is 12.0. The fourth-order valence-corrected chi connectivity index (χ4v) is 7.57. The number of imidazole rings is 5. The van der Waals surface area contributed by atoms with Gasteiger partial charge in [-0.15, -0.1) is 0 Å². The average molecular weight is 1350 g/mol. The number of hydrogen-bond acceptors (Lipinski definition) is 11. The minimum Gasteiger partial charge on any atom is -0.326 e. The second kappa shape index (κ2) is 30.3. The van der Waals surface area contributed by atoms with Crippen molar-refractivity contribution < 1.29 is 17.4 Å². The number of aromatic nitrogens is 10. The van der Waals surface area contributed by atoms with Crippen LogP contribution in [0.1, 0.15) is 135 Å². The maximum absolute atomic E-state index is 12.0. The SMILES string of the molecule is CC(C)(C)[S@](N)=O.C[C@@H](C[S@](=O)C(C)(C)C)c1ncc(Br)n1C.C[C@@H](N)c1ncc(Br)n1C.C[C@H](c1ncc(Br)n1C)N(C)C.Cn1c(Br)cnc1C=N[S@](=O)C(C)(C)C.Cn1c(Br)cnc1C=O. The first-order chi connectivity index (χ1) is 31.4. The predicted octanol–water partition coefficient (Wildman–Crippen LogP) is 9.31. The molecule has 5 heterocycles. The summed E-state index contributed by atoms with van der Waals surface area (Å²) < 4.78 is 51.3. The molecule has 0 aromatic carbocycles. The highest BCUT2D eigenvalue weighted by molar-refractivity contribution is 9.11. The second-order valence-corrected chi connectivity index (χ2v) is 28.6. The van der Waals surface area contributed by atoms with Crippen molar-refractivity contribution in [2.75, 3.05) is 19.8 Å². The van der Waals surface area contributed by atoms with Crippen LogP contribution in [0.4, 0.5) is 0 Å². The zero-order valence-electron chi connectivity index (χ0n) is 43.2. The molecule has 5 aromatic heterocycles. The van der Waals surface area contributed by atoms with Crippen LogP contribution in [0, 0.1) is 0 Å². The molecule has 69 heavy (non-hydrogen) atoms. The fraction of sp³-hybridized carbons (Fsp3) is 0.605. The van der Waals surface area contributed by atoms with E-state index in [2.05, 4.69) is 128 Å². The molecule has 0 bridgehead atoms. The number of carbonyl (C=O) groups excluding carboxylic acids is 1. The first-order valence-corrected chi connectivity index (χ1v) is 28.8. The first kappa shape index (κ1) is 67.1. The largest absolute Gasteiger partial charge is 0.326 e. The Hall–Kier alpha value is -1.88. The lowest BCUT2D eigenvalue weighted by molar-refractivity contribution is 0.111. The number of halogens is 5. The van der Waals surface area contributed by atoms with E-state index >= 15 is 0 Å². The van der Waals surface area contributed by atoms with Crippen LogP contribution in [-0.4, -0.2) is 112 Å². The molecule has 0 aliphatic rings. The summed E-state index contributed by atoms with van der Waals surface area (Å²) in [5.41, 5.74) is 5.62. The quantitative estimate of drug-likeness (QED) is 0.104. The number of nitrogens with zero attached hydrogens (tertiary/aromatic N) is 12. The Morgan fingerprint density at radius 3 is 1.20 bits per heavy atom. The highest BCUT2D eigenvalue weighted by atomic mass is 79.9. The van der Waals surface area contributed by atoms with E-state index in [1.807, 2.05) is 136 Å². The van der Waals surface area contributed by atoms with Crippen molar-refractivity contribution in [3.63, 3.8) is 0 Å². The third kappa shape index (κ3) is 23.3. The molecule has 18 nitrogen and oxygen atoms in total. The number of carbonyl (C=O) groups is 1. The van der Waals surface area contributed by atoms with Gasteiger partial charge in [-0.25, -0.2) is 33.3 Å². The van der Waals surface area contributed by atoms with Crippen molar-refractivity contribution in [2.24, 2.45) is 50.5 Å². The Morgan fingerprint density at radius 2 is 0.957 bits per heavy atom. The van der Waals surface area contributed by atoms with Gasteiger partial charge >= 0.3 is 0 Å². The molecule has 0 unspecified atom stereocenters. The molecule has 0 amide bonds. The van der Waals surface area contributed by atoms with E-state index in [0.717, 1.165) is 40.5 Å². The predicted molar refractivity (Wildman–Crippen MR) is 303 cm³/mol. The smallest absolute Gasteiger partial charge is 0.185 e. The molecule has 0 saturated carbocycles. The highest BCUT2D eigenvalue weighted by Gasteiger charge is 2.24. The minimum atomic E-state index is -1.24. The Bertz CT molecular complexity index is 2460. The molecule has 5 rings (SSSR count). The van der Waals surface area contributed by atoms with E-state index < -0.39 is 32.8 Å². The van der Waals surface area contributed by atoms with Gasteiger partial charge in [-0.2, -0.15) is 4.40 Å². The second-order valence-electron chi connectivity index (χ2n) is 18.6. The van der Waals surface area contributed by atoms with E-state index in [0.29, 0.717) is 29.7 Å². The summed E-state index contributed by atoms with van der Waals surface area (Å²) in [5, 5.41) is 5.04. The molecule has 6 atom stereocenters. The van der Waals surface area contributed by atoms with E-state index in [9.17, 15) is 17.4 Å². The first-order valence-electron chi connectivity index (χ1n) is 21.2. The standard InChI is InChI=1S/C11H19BrN2OS.C9H14BrN3OS.C8H14BrN3.C6H10BrN3.C5H5BrN2O.C4H11NOS/c1-8(7-16(15)11(2,3)4)10-13-6-9(12)14(10)5;1-9(2,3)15(14)12-6-8-11-5-7(10)13(8)4;1-6(11(2)3)8-10-5-7(9)12(8)4;1-4(8)6-9-3-5(7)10(6)2;1-8-4(6)2-7-5(8)3-9;1-4(2,3)7(5)6/h6,8H,7H2,1-5H3;5-6H,1-4H3;5-6H,1-4H3;3-4H,8H2,1-2H3;2-3H,1H3;5H2,1-3H3/t8-,16-;15-;6-;4-;;7-/m0111.1/s1. The third-order valence-corrected chi connectivity index (χ3v) is 17.8. The molecule has 26 heteroatoms. The zero-order chi connectivity index (χ0) is 54.1. The molecule has 0 aliphatic carbocycles.